The van der Waals surface area contributed by atoms with Gasteiger partial charge in [-0.3, -0.25) is 4.79 Å². The average molecular weight is 390 g/mol. The van der Waals surface area contributed by atoms with Gasteiger partial charge in [-0.15, -0.1) is 0 Å². The number of hydrogen-bond donors (Lipinski definition) is 2. The SMILES string of the molecule is CCc1cccc(C)c1Nc1ncc(C(=O)Nc2ccccc2OC(C)C)cn1. The normalized spacial score (nSPS) is 10.7. The second kappa shape index (κ2) is 9.19. The lowest BCUT2D eigenvalue weighted by Gasteiger charge is -2.15. The highest BCUT2D eigenvalue weighted by Crippen LogP contribution is 2.26. The van der Waals surface area contributed by atoms with Crippen LogP contribution < -0.4 is 15.4 Å². The fraction of sp³-hybridized carbons (Fsp3) is 0.261. The van der Waals surface area contributed by atoms with Crippen LogP contribution in [-0.4, -0.2) is 22.0 Å². The van der Waals surface area contributed by atoms with Crippen molar-refractivity contribution in [1.29, 1.82) is 0 Å². The molecule has 0 bridgehead atoms. The van der Waals surface area contributed by atoms with E-state index in [2.05, 4.69) is 33.6 Å². The number of hydrogen-bond acceptors (Lipinski definition) is 5. The molecule has 2 N–H and O–H groups in total. The van der Waals surface area contributed by atoms with Crippen molar-refractivity contribution < 1.29 is 9.53 Å². The standard InChI is InChI=1S/C23H26N4O2/c1-5-17-10-8-9-16(4)21(17)27-23-24-13-18(14-25-23)22(28)26-19-11-6-7-12-20(19)29-15(2)3/h6-15H,5H2,1-4H3,(H,26,28)(H,24,25,27). The van der Waals surface area contributed by atoms with Crippen LogP contribution in [0.25, 0.3) is 0 Å². The first-order valence-corrected chi connectivity index (χ1v) is 9.72. The minimum atomic E-state index is -0.290. The van der Waals surface area contributed by atoms with Gasteiger partial charge in [-0.1, -0.05) is 37.3 Å². The first kappa shape index (κ1) is 20.3. The Morgan fingerprint density at radius 3 is 2.48 bits per heavy atom. The van der Waals surface area contributed by atoms with E-state index in [0.717, 1.165) is 17.7 Å². The summed E-state index contributed by atoms with van der Waals surface area (Å²) < 4.78 is 5.74. The maximum Gasteiger partial charge on any atom is 0.258 e. The van der Waals surface area contributed by atoms with Gasteiger partial charge in [0.1, 0.15) is 5.75 Å². The van der Waals surface area contributed by atoms with Gasteiger partial charge in [0.25, 0.3) is 5.91 Å². The first-order valence-electron chi connectivity index (χ1n) is 9.72. The van der Waals surface area contributed by atoms with E-state index in [-0.39, 0.29) is 12.0 Å². The molecule has 3 rings (SSSR count). The third-order valence-corrected chi connectivity index (χ3v) is 4.39. The smallest absolute Gasteiger partial charge is 0.258 e. The lowest BCUT2D eigenvalue weighted by atomic mass is 10.1. The highest BCUT2D eigenvalue weighted by molar-refractivity contribution is 6.04. The molecule has 150 valence electrons. The van der Waals surface area contributed by atoms with Gasteiger partial charge < -0.3 is 15.4 Å². The molecule has 3 aromatic rings. The Bertz CT molecular complexity index is 984. The van der Waals surface area contributed by atoms with E-state index >= 15 is 0 Å². The molecule has 0 unspecified atom stereocenters. The lowest BCUT2D eigenvalue weighted by molar-refractivity contribution is 0.102. The molecule has 0 saturated carbocycles. The molecule has 1 amide bonds. The summed E-state index contributed by atoms with van der Waals surface area (Å²) in [5.74, 6) is 0.789. The minimum Gasteiger partial charge on any atom is -0.489 e. The molecule has 0 spiro atoms. The van der Waals surface area contributed by atoms with Crippen LogP contribution in [0, 0.1) is 6.92 Å². The van der Waals surface area contributed by atoms with Gasteiger partial charge in [-0.25, -0.2) is 9.97 Å². The second-order valence-electron chi connectivity index (χ2n) is 7.00. The molecular formula is C23H26N4O2. The fourth-order valence-corrected chi connectivity index (χ4v) is 2.94. The molecule has 1 aromatic heterocycles. The Morgan fingerprint density at radius 2 is 1.79 bits per heavy atom. The number of amides is 1. The molecule has 0 aliphatic heterocycles. The van der Waals surface area contributed by atoms with Crippen molar-refractivity contribution in [3.05, 3.63) is 71.5 Å². The summed E-state index contributed by atoms with van der Waals surface area (Å²) in [7, 11) is 0. The zero-order valence-corrected chi connectivity index (χ0v) is 17.2. The van der Waals surface area contributed by atoms with Crippen LogP contribution in [0.2, 0.25) is 0 Å². The first-order chi connectivity index (χ1) is 14.0. The Balaban J connectivity index is 1.73. The number of carbonyl (C=O) groups excluding carboxylic acids is 1. The van der Waals surface area contributed by atoms with Crippen molar-refractivity contribution >= 4 is 23.2 Å². The van der Waals surface area contributed by atoms with Crippen molar-refractivity contribution in [3.63, 3.8) is 0 Å². The predicted molar refractivity (Wildman–Crippen MR) is 116 cm³/mol. The minimum absolute atomic E-state index is 0.0104. The summed E-state index contributed by atoms with van der Waals surface area (Å²) in [4.78, 5) is 21.2. The van der Waals surface area contributed by atoms with Crippen LogP contribution in [0.15, 0.2) is 54.9 Å². The van der Waals surface area contributed by atoms with Gasteiger partial charge in [-0.05, 0) is 50.5 Å². The van der Waals surface area contributed by atoms with Crippen LogP contribution in [0.4, 0.5) is 17.3 Å². The monoisotopic (exact) mass is 390 g/mol. The number of para-hydroxylation sites is 3. The van der Waals surface area contributed by atoms with E-state index in [1.54, 1.807) is 6.07 Å². The summed E-state index contributed by atoms with van der Waals surface area (Å²) in [6, 6.07) is 13.5. The zero-order valence-electron chi connectivity index (χ0n) is 17.2. The largest absolute Gasteiger partial charge is 0.489 e. The van der Waals surface area contributed by atoms with Gasteiger partial charge in [0.15, 0.2) is 0 Å². The molecule has 0 fully saturated rings. The van der Waals surface area contributed by atoms with Crippen LogP contribution in [0.3, 0.4) is 0 Å². The Hall–Kier alpha value is -3.41. The average Bonchev–Trinajstić information content (AvgIpc) is 2.71. The number of benzene rings is 2. The predicted octanol–water partition coefficient (Wildman–Crippen LogP) is 5.13. The molecule has 0 radical (unpaired) electrons. The van der Waals surface area contributed by atoms with E-state index in [4.69, 9.17) is 4.74 Å². The van der Waals surface area contributed by atoms with E-state index in [1.165, 1.54) is 18.0 Å². The molecule has 0 atom stereocenters. The number of aryl methyl sites for hydroxylation is 2. The van der Waals surface area contributed by atoms with Crippen molar-refractivity contribution in [2.45, 2.75) is 40.2 Å². The Kier molecular flexibility index (Phi) is 6.44. The zero-order chi connectivity index (χ0) is 20.8. The number of aromatic nitrogens is 2. The molecule has 29 heavy (non-hydrogen) atoms. The lowest BCUT2D eigenvalue weighted by Crippen LogP contribution is -2.15. The molecule has 1 heterocycles. The number of rotatable bonds is 7. The quantitative estimate of drug-likeness (QED) is 0.585. The van der Waals surface area contributed by atoms with Crippen molar-refractivity contribution in [3.8, 4) is 5.75 Å². The number of ether oxygens (including phenoxy) is 1. The molecule has 6 heteroatoms. The van der Waals surface area contributed by atoms with Gasteiger partial charge in [0.2, 0.25) is 5.95 Å². The van der Waals surface area contributed by atoms with E-state index in [1.807, 2.05) is 51.1 Å². The third kappa shape index (κ3) is 5.10. The number of nitrogens with zero attached hydrogens (tertiary/aromatic N) is 2. The van der Waals surface area contributed by atoms with Crippen LogP contribution in [0.1, 0.15) is 42.3 Å². The van der Waals surface area contributed by atoms with Crippen LogP contribution >= 0.6 is 0 Å². The molecule has 2 aromatic carbocycles. The topological polar surface area (TPSA) is 76.1 Å². The Labute approximate surface area is 171 Å². The molecule has 0 saturated heterocycles. The van der Waals surface area contributed by atoms with Gasteiger partial charge >= 0.3 is 0 Å². The molecule has 0 aliphatic rings. The number of nitrogens with one attached hydrogen (secondary N) is 2. The summed E-state index contributed by atoms with van der Waals surface area (Å²) in [5.41, 5.74) is 4.30. The van der Waals surface area contributed by atoms with Crippen LogP contribution in [-0.2, 0) is 6.42 Å². The fourth-order valence-electron chi connectivity index (χ4n) is 2.94. The van der Waals surface area contributed by atoms with E-state index in [9.17, 15) is 4.79 Å². The van der Waals surface area contributed by atoms with Crippen molar-refractivity contribution in [2.24, 2.45) is 0 Å². The Morgan fingerprint density at radius 1 is 1.07 bits per heavy atom. The molecule has 0 aliphatic carbocycles. The van der Waals surface area contributed by atoms with Crippen molar-refractivity contribution in [1.82, 2.24) is 9.97 Å². The number of carbonyl (C=O) groups is 1. The molecular weight excluding hydrogens is 364 g/mol. The summed E-state index contributed by atoms with van der Waals surface area (Å²) >= 11 is 0. The third-order valence-electron chi connectivity index (χ3n) is 4.39. The highest BCUT2D eigenvalue weighted by Gasteiger charge is 2.12. The van der Waals surface area contributed by atoms with E-state index < -0.39 is 0 Å². The maximum absolute atomic E-state index is 12.6. The van der Waals surface area contributed by atoms with Crippen LogP contribution in [0.5, 0.6) is 5.75 Å². The summed E-state index contributed by atoms with van der Waals surface area (Å²) in [5, 5.41) is 6.13. The van der Waals surface area contributed by atoms with Crippen molar-refractivity contribution in [2.75, 3.05) is 10.6 Å². The van der Waals surface area contributed by atoms with Gasteiger partial charge in [-0.2, -0.15) is 0 Å². The summed E-state index contributed by atoms with van der Waals surface area (Å²) in [6.07, 6.45) is 3.94. The second-order valence-corrected chi connectivity index (χ2v) is 7.00. The highest BCUT2D eigenvalue weighted by atomic mass is 16.5. The summed E-state index contributed by atoms with van der Waals surface area (Å²) in [6.45, 7) is 8.03. The number of anilines is 3. The van der Waals surface area contributed by atoms with Gasteiger partial charge in [0.05, 0.1) is 17.4 Å². The maximum atomic E-state index is 12.6. The van der Waals surface area contributed by atoms with Gasteiger partial charge in [0, 0.05) is 18.1 Å². The van der Waals surface area contributed by atoms with E-state index in [0.29, 0.717) is 22.9 Å². The molecule has 6 nitrogen and oxygen atoms in total.